The van der Waals surface area contributed by atoms with Crippen LogP contribution in [-0.4, -0.2) is 30.5 Å². The minimum atomic E-state index is -0.0777. The van der Waals surface area contributed by atoms with Crippen LogP contribution in [0.3, 0.4) is 0 Å². The molecule has 3 nitrogen and oxygen atoms in total. The minimum Gasteiger partial charge on any atom is -0.394 e. The van der Waals surface area contributed by atoms with E-state index in [-0.39, 0.29) is 12.2 Å². The van der Waals surface area contributed by atoms with E-state index < -0.39 is 0 Å². The predicted octanol–water partition coefficient (Wildman–Crippen LogP) is 0.513. The first-order valence-corrected chi connectivity index (χ1v) is 5.25. The number of aliphatic hydroxyl groups is 1. The molecule has 0 spiro atoms. The van der Waals surface area contributed by atoms with E-state index in [0.29, 0.717) is 19.1 Å². The lowest BCUT2D eigenvalue weighted by molar-refractivity contribution is -0.0858. The van der Waals surface area contributed by atoms with Gasteiger partial charge in [-0.05, 0) is 37.5 Å². The van der Waals surface area contributed by atoms with E-state index in [1.54, 1.807) is 0 Å². The van der Waals surface area contributed by atoms with Crippen molar-refractivity contribution in [1.82, 2.24) is 0 Å². The molecular weight excluding hydrogens is 166 g/mol. The Hall–Kier alpha value is -0.120. The van der Waals surface area contributed by atoms with Crippen molar-refractivity contribution < 1.29 is 9.84 Å². The zero-order valence-corrected chi connectivity index (χ0v) is 8.04. The van der Waals surface area contributed by atoms with E-state index in [1.807, 2.05) is 0 Å². The standard InChI is InChI=1S/C10H19NO2/c11-7-10(13-4-3-12)6-8-1-2-9(10)5-8/h8-9,12H,1-7,11H2. The Morgan fingerprint density at radius 2 is 2.31 bits per heavy atom. The van der Waals surface area contributed by atoms with Crippen LogP contribution < -0.4 is 5.73 Å². The van der Waals surface area contributed by atoms with Crippen molar-refractivity contribution >= 4 is 0 Å². The van der Waals surface area contributed by atoms with Crippen molar-refractivity contribution in [3.05, 3.63) is 0 Å². The van der Waals surface area contributed by atoms with Crippen LogP contribution in [0.25, 0.3) is 0 Å². The highest BCUT2D eigenvalue weighted by atomic mass is 16.5. The molecule has 0 aromatic rings. The van der Waals surface area contributed by atoms with Gasteiger partial charge in [-0.15, -0.1) is 0 Å². The van der Waals surface area contributed by atoms with Crippen LogP contribution >= 0.6 is 0 Å². The fourth-order valence-electron chi connectivity index (χ4n) is 3.13. The Kier molecular flexibility index (Phi) is 2.58. The maximum atomic E-state index is 8.74. The van der Waals surface area contributed by atoms with Gasteiger partial charge < -0.3 is 15.6 Å². The largest absolute Gasteiger partial charge is 0.394 e. The molecule has 3 heteroatoms. The number of aliphatic hydroxyl groups excluding tert-OH is 1. The maximum Gasteiger partial charge on any atom is 0.0835 e. The van der Waals surface area contributed by atoms with E-state index in [4.69, 9.17) is 15.6 Å². The molecule has 2 aliphatic rings. The summed E-state index contributed by atoms with van der Waals surface area (Å²) in [5.41, 5.74) is 5.71. The molecule has 2 bridgehead atoms. The fraction of sp³-hybridized carbons (Fsp3) is 1.00. The number of nitrogens with two attached hydrogens (primary N) is 1. The molecule has 3 unspecified atom stereocenters. The average molecular weight is 185 g/mol. The second-order valence-electron chi connectivity index (χ2n) is 4.42. The molecule has 2 rings (SSSR count). The monoisotopic (exact) mass is 185 g/mol. The van der Waals surface area contributed by atoms with Gasteiger partial charge in [-0.3, -0.25) is 0 Å². The van der Waals surface area contributed by atoms with E-state index in [2.05, 4.69) is 0 Å². The molecule has 3 atom stereocenters. The second-order valence-corrected chi connectivity index (χ2v) is 4.42. The van der Waals surface area contributed by atoms with Crippen LogP contribution in [0.5, 0.6) is 0 Å². The van der Waals surface area contributed by atoms with Crippen molar-refractivity contribution in [1.29, 1.82) is 0 Å². The second kappa shape index (κ2) is 3.56. The lowest BCUT2D eigenvalue weighted by Gasteiger charge is -2.36. The molecule has 0 radical (unpaired) electrons. The van der Waals surface area contributed by atoms with E-state index in [9.17, 15) is 0 Å². The first kappa shape index (κ1) is 9.44. The van der Waals surface area contributed by atoms with Crippen molar-refractivity contribution in [2.24, 2.45) is 17.6 Å². The van der Waals surface area contributed by atoms with Gasteiger partial charge in [0.15, 0.2) is 0 Å². The predicted molar refractivity (Wildman–Crippen MR) is 50.3 cm³/mol. The molecule has 2 saturated carbocycles. The number of hydrogen-bond donors (Lipinski definition) is 2. The first-order valence-electron chi connectivity index (χ1n) is 5.25. The summed E-state index contributed by atoms with van der Waals surface area (Å²) in [6, 6.07) is 0. The minimum absolute atomic E-state index is 0.0777. The summed E-state index contributed by atoms with van der Waals surface area (Å²) in [6.45, 7) is 1.17. The summed E-state index contributed by atoms with van der Waals surface area (Å²) in [5.74, 6) is 1.50. The summed E-state index contributed by atoms with van der Waals surface area (Å²) >= 11 is 0. The summed E-state index contributed by atoms with van der Waals surface area (Å²) in [5, 5.41) is 8.74. The van der Waals surface area contributed by atoms with E-state index in [0.717, 1.165) is 12.3 Å². The molecule has 13 heavy (non-hydrogen) atoms. The Morgan fingerprint density at radius 1 is 1.46 bits per heavy atom. The highest BCUT2D eigenvalue weighted by Gasteiger charge is 2.50. The Balaban J connectivity index is 1.99. The number of ether oxygens (including phenoxy) is 1. The lowest BCUT2D eigenvalue weighted by Crippen LogP contribution is -2.46. The van der Waals surface area contributed by atoms with Gasteiger partial charge >= 0.3 is 0 Å². The molecular formula is C10H19NO2. The molecule has 0 aromatic carbocycles. The molecule has 0 saturated heterocycles. The van der Waals surface area contributed by atoms with E-state index >= 15 is 0 Å². The quantitative estimate of drug-likeness (QED) is 0.671. The third-order valence-electron chi connectivity index (χ3n) is 3.75. The molecule has 0 aromatic heterocycles. The Labute approximate surface area is 79.3 Å². The van der Waals surface area contributed by atoms with Gasteiger partial charge in [-0.1, -0.05) is 0 Å². The molecule has 3 N–H and O–H groups in total. The van der Waals surface area contributed by atoms with Gasteiger partial charge in [0, 0.05) is 6.54 Å². The molecule has 0 aliphatic heterocycles. The van der Waals surface area contributed by atoms with Crippen LogP contribution in [0.2, 0.25) is 0 Å². The van der Waals surface area contributed by atoms with Gasteiger partial charge in [-0.25, -0.2) is 0 Å². The van der Waals surface area contributed by atoms with Gasteiger partial charge in [-0.2, -0.15) is 0 Å². The van der Waals surface area contributed by atoms with Crippen molar-refractivity contribution in [2.75, 3.05) is 19.8 Å². The average Bonchev–Trinajstić information content (AvgIpc) is 2.74. The molecule has 76 valence electrons. The van der Waals surface area contributed by atoms with Gasteiger partial charge in [0.05, 0.1) is 18.8 Å². The zero-order chi connectivity index (χ0) is 9.31. The topological polar surface area (TPSA) is 55.5 Å². The summed E-state index contributed by atoms with van der Waals surface area (Å²) in [4.78, 5) is 0. The Morgan fingerprint density at radius 3 is 2.77 bits per heavy atom. The van der Waals surface area contributed by atoms with Crippen LogP contribution in [0, 0.1) is 11.8 Å². The number of hydrogen-bond acceptors (Lipinski definition) is 3. The van der Waals surface area contributed by atoms with Crippen LogP contribution in [-0.2, 0) is 4.74 Å². The SMILES string of the molecule is NCC1(OCCO)CC2CCC1C2. The Bertz CT molecular complexity index is 186. The molecule has 2 aliphatic carbocycles. The van der Waals surface area contributed by atoms with Crippen LogP contribution in [0.1, 0.15) is 25.7 Å². The fourth-order valence-corrected chi connectivity index (χ4v) is 3.13. The summed E-state index contributed by atoms with van der Waals surface area (Å²) < 4.78 is 5.75. The smallest absolute Gasteiger partial charge is 0.0835 e. The van der Waals surface area contributed by atoms with E-state index in [1.165, 1.54) is 19.3 Å². The zero-order valence-electron chi connectivity index (χ0n) is 8.04. The van der Waals surface area contributed by atoms with Crippen molar-refractivity contribution in [2.45, 2.75) is 31.3 Å². The number of rotatable bonds is 4. The lowest BCUT2D eigenvalue weighted by atomic mass is 9.84. The molecule has 0 amide bonds. The van der Waals surface area contributed by atoms with Crippen LogP contribution in [0.4, 0.5) is 0 Å². The van der Waals surface area contributed by atoms with Gasteiger partial charge in [0.2, 0.25) is 0 Å². The van der Waals surface area contributed by atoms with Gasteiger partial charge in [0.25, 0.3) is 0 Å². The maximum absolute atomic E-state index is 8.74. The third kappa shape index (κ3) is 1.49. The third-order valence-corrected chi connectivity index (χ3v) is 3.75. The van der Waals surface area contributed by atoms with Crippen molar-refractivity contribution in [3.63, 3.8) is 0 Å². The number of fused-ring (bicyclic) bond motifs is 2. The van der Waals surface area contributed by atoms with Crippen LogP contribution in [0.15, 0.2) is 0 Å². The highest BCUT2D eigenvalue weighted by Crippen LogP contribution is 2.52. The van der Waals surface area contributed by atoms with Gasteiger partial charge in [0.1, 0.15) is 0 Å². The highest BCUT2D eigenvalue weighted by molar-refractivity contribution is 5.03. The normalized spacial score (nSPS) is 42.9. The molecule has 0 heterocycles. The summed E-state index contributed by atoms with van der Waals surface area (Å²) in [6.07, 6.45) is 5.04. The molecule has 2 fully saturated rings. The van der Waals surface area contributed by atoms with Crippen molar-refractivity contribution in [3.8, 4) is 0 Å². The first-order chi connectivity index (χ1) is 6.30. The summed E-state index contributed by atoms with van der Waals surface area (Å²) in [7, 11) is 0.